The number of nitrogens with zero attached hydrogens (tertiary/aromatic N) is 1. The Balaban J connectivity index is 1.60. The second-order valence-electron chi connectivity index (χ2n) is 6.80. The highest BCUT2D eigenvalue weighted by molar-refractivity contribution is 5.20. The third-order valence-electron chi connectivity index (χ3n) is 5.06. The van der Waals surface area contributed by atoms with Gasteiger partial charge in [0.25, 0.3) is 0 Å². The van der Waals surface area contributed by atoms with Crippen LogP contribution in [0.3, 0.4) is 0 Å². The Labute approximate surface area is 122 Å². The first-order valence-electron chi connectivity index (χ1n) is 8.19. The molecule has 0 amide bonds. The lowest BCUT2D eigenvalue weighted by atomic mass is 9.92. The maximum Gasteiger partial charge on any atom is 0.120 e. The van der Waals surface area contributed by atoms with Gasteiger partial charge < -0.3 is 9.73 Å². The van der Waals surface area contributed by atoms with E-state index in [1.54, 1.807) is 0 Å². The summed E-state index contributed by atoms with van der Waals surface area (Å²) in [6.45, 7) is 9.96. The van der Waals surface area contributed by atoms with E-state index in [4.69, 9.17) is 4.42 Å². The van der Waals surface area contributed by atoms with Crippen LogP contribution in [0.25, 0.3) is 0 Å². The number of likely N-dealkylation sites (tertiary alicyclic amines) is 1. The maximum absolute atomic E-state index is 6.07. The van der Waals surface area contributed by atoms with Crippen molar-refractivity contribution in [3.8, 4) is 0 Å². The minimum absolute atomic E-state index is 0.669. The molecular weight excluding hydrogens is 248 g/mol. The summed E-state index contributed by atoms with van der Waals surface area (Å²) in [5.41, 5.74) is 1.30. The molecule has 2 heterocycles. The molecule has 1 aliphatic carbocycles. The third-order valence-corrected chi connectivity index (χ3v) is 5.06. The Morgan fingerprint density at radius 3 is 2.85 bits per heavy atom. The van der Waals surface area contributed by atoms with Crippen LogP contribution in [0.15, 0.2) is 10.5 Å². The molecule has 2 aliphatic rings. The van der Waals surface area contributed by atoms with Crippen LogP contribution in [0.2, 0.25) is 0 Å². The molecule has 0 bridgehead atoms. The van der Waals surface area contributed by atoms with Gasteiger partial charge in [0.1, 0.15) is 11.5 Å². The zero-order valence-corrected chi connectivity index (χ0v) is 13.1. The standard InChI is InChI=1S/C17H28N2O/c1-12-5-4-8-19(14(12)3)11-16-9-13(2)17(20-16)10-18-15-6-7-15/h9,12,14-15,18H,4-8,10-11H2,1-3H3. The van der Waals surface area contributed by atoms with Crippen LogP contribution in [-0.4, -0.2) is 23.5 Å². The number of rotatable bonds is 5. The van der Waals surface area contributed by atoms with Crippen molar-refractivity contribution < 1.29 is 4.42 Å². The maximum atomic E-state index is 6.07. The first-order valence-corrected chi connectivity index (χ1v) is 8.19. The van der Waals surface area contributed by atoms with Crippen molar-refractivity contribution in [2.24, 2.45) is 5.92 Å². The van der Waals surface area contributed by atoms with E-state index in [-0.39, 0.29) is 0 Å². The highest BCUT2D eigenvalue weighted by Gasteiger charge is 2.26. The normalized spacial score (nSPS) is 27.9. The van der Waals surface area contributed by atoms with E-state index in [1.807, 2.05) is 0 Å². The van der Waals surface area contributed by atoms with Gasteiger partial charge in [-0.1, -0.05) is 6.92 Å². The van der Waals surface area contributed by atoms with Crippen LogP contribution >= 0.6 is 0 Å². The van der Waals surface area contributed by atoms with E-state index in [2.05, 4.69) is 37.1 Å². The average molecular weight is 276 g/mol. The predicted octanol–water partition coefficient (Wildman–Crippen LogP) is 3.46. The van der Waals surface area contributed by atoms with E-state index >= 15 is 0 Å². The van der Waals surface area contributed by atoms with Crippen LogP contribution in [0, 0.1) is 12.8 Å². The van der Waals surface area contributed by atoms with E-state index in [0.29, 0.717) is 6.04 Å². The van der Waals surface area contributed by atoms with Crippen molar-refractivity contribution >= 4 is 0 Å². The molecule has 1 saturated heterocycles. The van der Waals surface area contributed by atoms with Crippen molar-refractivity contribution in [3.63, 3.8) is 0 Å². The average Bonchev–Trinajstić information content (AvgIpc) is 3.18. The predicted molar refractivity (Wildman–Crippen MR) is 81.6 cm³/mol. The first-order chi connectivity index (χ1) is 9.63. The topological polar surface area (TPSA) is 28.4 Å². The van der Waals surface area contributed by atoms with Gasteiger partial charge >= 0.3 is 0 Å². The zero-order valence-electron chi connectivity index (χ0n) is 13.1. The molecule has 0 radical (unpaired) electrons. The molecule has 0 aromatic carbocycles. The molecule has 3 rings (SSSR count). The minimum atomic E-state index is 0.669. The second-order valence-corrected chi connectivity index (χ2v) is 6.80. The van der Waals surface area contributed by atoms with Gasteiger partial charge in [-0.25, -0.2) is 0 Å². The van der Waals surface area contributed by atoms with Gasteiger partial charge in [0, 0.05) is 12.1 Å². The number of nitrogens with one attached hydrogen (secondary N) is 1. The van der Waals surface area contributed by atoms with Gasteiger partial charge in [-0.05, 0) is 63.6 Å². The van der Waals surface area contributed by atoms with Gasteiger partial charge in [0.05, 0.1) is 13.1 Å². The SMILES string of the molecule is Cc1cc(CN2CCCC(C)C2C)oc1CNC1CC1. The number of piperidine rings is 1. The lowest BCUT2D eigenvalue weighted by Crippen LogP contribution is -2.41. The van der Waals surface area contributed by atoms with Crippen molar-refractivity contribution in [3.05, 3.63) is 23.2 Å². The number of hydrogen-bond acceptors (Lipinski definition) is 3. The Kier molecular flexibility index (Phi) is 4.18. The van der Waals surface area contributed by atoms with Crippen molar-refractivity contribution in [1.29, 1.82) is 0 Å². The van der Waals surface area contributed by atoms with Gasteiger partial charge in [-0.2, -0.15) is 0 Å². The molecule has 20 heavy (non-hydrogen) atoms. The smallest absolute Gasteiger partial charge is 0.120 e. The zero-order chi connectivity index (χ0) is 14.1. The Morgan fingerprint density at radius 1 is 1.30 bits per heavy atom. The lowest BCUT2D eigenvalue weighted by molar-refractivity contribution is 0.0981. The summed E-state index contributed by atoms with van der Waals surface area (Å²) in [7, 11) is 0. The summed E-state index contributed by atoms with van der Waals surface area (Å²) >= 11 is 0. The fourth-order valence-corrected chi connectivity index (χ4v) is 3.21. The Bertz CT molecular complexity index is 450. The second kappa shape index (κ2) is 5.90. The monoisotopic (exact) mass is 276 g/mol. The van der Waals surface area contributed by atoms with Gasteiger partial charge in [-0.3, -0.25) is 4.90 Å². The molecule has 112 valence electrons. The van der Waals surface area contributed by atoms with Gasteiger partial charge in [0.2, 0.25) is 0 Å². The highest BCUT2D eigenvalue weighted by atomic mass is 16.3. The summed E-state index contributed by atoms with van der Waals surface area (Å²) in [6.07, 6.45) is 5.35. The Morgan fingerprint density at radius 2 is 2.10 bits per heavy atom. The molecule has 1 aromatic rings. The summed E-state index contributed by atoms with van der Waals surface area (Å²) in [5, 5.41) is 3.54. The molecule has 1 aromatic heterocycles. The summed E-state index contributed by atoms with van der Waals surface area (Å²) in [5.74, 6) is 3.07. The molecule has 0 spiro atoms. The molecule has 2 fully saturated rings. The lowest BCUT2D eigenvalue weighted by Gasteiger charge is -2.37. The summed E-state index contributed by atoms with van der Waals surface area (Å²) in [4.78, 5) is 2.57. The number of hydrogen-bond donors (Lipinski definition) is 1. The molecular formula is C17H28N2O. The highest BCUT2D eigenvalue weighted by Crippen LogP contribution is 2.26. The largest absolute Gasteiger partial charge is 0.463 e. The summed E-state index contributed by atoms with van der Waals surface area (Å²) in [6, 6.07) is 3.64. The fourth-order valence-electron chi connectivity index (χ4n) is 3.21. The van der Waals surface area contributed by atoms with Crippen LogP contribution < -0.4 is 5.32 Å². The number of aryl methyl sites for hydroxylation is 1. The molecule has 1 saturated carbocycles. The van der Waals surface area contributed by atoms with Crippen molar-refractivity contribution in [2.45, 2.75) is 71.6 Å². The molecule has 1 aliphatic heterocycles. The molecule has 1 N–H and O–H groups in total. The Hall–Kier alpha value is -0.800. The van der Waals surface area contributed by atoms with Crippen LogP contribution in [0.4, 0.5) is 0 Å². The fraction of sp³-hybridized carbons (Fsp3) is 0.765. The minimum Gasteiger partial charge on any atom is -0.463 e. The third kappa shape index (κ3) is 3.26. The van der Waals surface area contributed by atoms with Gasteiger partial charge in [-0.15, -0.1) is 0 Å². The van der Waals surface area contributed by atoms with Crippen molar-refractivity contribution in [2.75, 3.05) is 6.54 Å². The van der Waals surface area contributed by atoms with Crippen LogP contribution in [-0.2, 0) is 13.1 Å². The van der Waals surface area contributed by atoms with Gasteiger partial charge in [0.15, 0.2) is 0 Å². The molecule has 2 atom stereocenters. The van der Waals surface area contributed by atoms with E-state index in [0.717, 1.165) is 36.6 Å². The van der Waals surface area contributed by atoms with Crippen LogP contribution in [0.1, 0.15) is 56.6 Å². The molecule has 2 unspecified atom stereocenters. The molecule has 3 nitrogen and oxygen atoms in total. The van der Waals surface area contributed by atoms with Crippen LogP contribution in [0.5, 0.6) is 0 Å². The summed E-state index contributed by atoms with van der Waals surface area (Å²) < 4.78 is 6.07. The quantitative estimate of drug-likeness (QED) is 0.892. The van der Waals surface area contributed by atoms with E-state index in [9.17, 15) is 0 Å². The van der Waals surface area contributed by atoms with E-state index < -0.39 is 0 Å². The first kappa shape index (κ1) is 14.2. The van der Waals surface area contributed by atoms with E-state index in [1.165, 1.54) is 37.8 Å². The van der Waals surface area contributed by atoms with Crippen molar-refractivity contribution in [1.82, 2.24) is 10.2 Å². The molecule has 3 heteroatoms. The number of furan rings is 1.